The van der Waals surface area contributed by atoms with E-state index in [9.17, 15) is 14.4 Å². The van der Waals surface area contributed by atoms with Crippen LogP contribution >= 0.6 is 11.8 Å². The van der Waals surface area contributed by atoms with E-state index in [1.54, 1.807) is 32.0 Å². The lowest BCUT2D eigenvalue weighted by Gasteiger charge is -2.19. The number of methoxy groups -OCH3 is 3. The number of H-pyrrole nitrogens is 1. The van der Waals surface area contributed by atoms with Gasteiger partial charge in [-0.2, -0.15) is 16.7 Å². The molecule has 0 saturated carbocycles. The van der Waals surface area contributed by atoms with E-state index in [-0.39, 0.29) is 34.8 Å². The van der Waals surface area contributed by atoms with Gasteiger partial charge in [0.1, 0.15) is 11.9 Å². The molecular formula is C31H40N6O6S. The van der Waals surface area contributed by atoms with Crippen LogP contribution in [0, 0.1) is 0 Å². The Bertz CT molecular complexity index is 1580. The normalized spacial score (nSPS) is 14.5. The number of thioether (sulfide) groups is 1. The number of hydrogen-bond acceptors (Lipinski definition) is 10. The Morgan fingerprint density at radius 2 is 1.86 bits per heavy atom. The highest BCUT2D eigenvalue weighted by Gasteiger charge is 2.30. The molecule has 0 aliphatic heterocycles. The van der Waals surface area contributed by atoms with E-state index in [1.165, 1.54) is 20.1 Å². The quantitative estimate of drug-likeness (QED) is 0.229. The average Bonchev–Trinajstić information content (AvgIpc) is 3.35. The van der Waals surface area contributed by atoms with Crippen molar-refractivity contribution in [2.24, 2.45) is 0 Å². The van der Waals surface area contributed by atoms with Crippen LogP contribution in [0.1, 0.15) is 62.5 Å². The summed E-state index contributed by atoms with van der Waals surface area (Å²) in [4.78, 5) is 43.7. The molecule has 2 aromatic carbocycles. The maximum absolute atomic E-state index is 13.8. The molecule has 2 amide bonds. The van der Waals surface area contributed by atoms with Crippen LogP contribution in [0.25, 0.3) is 11.1 Å². The van der Waals surface area contributed by atoms with Crippen LogP contribution in [0.2, 0.25) is 0 Å². The molecule has 1 aliphatic rings. The number of amides is 2. The van der Waals surface area contributed by atoms with Crippen molar-refractivity contribution in [1.29, 1.82) is 0 Å². The molecule has 1 aliphatic carbocycles. The van der Waals surface area contributed by atoms with Gasteiger partial charge in [-0.25, -0.2) is 0 Å². The number of rotatable bonds is 12. The van der Waals surface area contributed by atoms with Gasteiger partial charge in [0.2, 0.25) is 28.9 Å². The summed E-state index contributed by atoms with van der Waals surface area (Å²) in [5, 5.41) is 15.9. The van der Waals surface area contributed by atoms with Crippen molar-refractivity contribution in [3.05, 3.63) is 51.4 Å². The molecule has 4 N–H and O–H groups in total. The maximum Gasteiger partial charge on any atom is 0.249 e. The summed E-state index contributed by atoms with van der Waals surface area (Å²) in [5.41, 5.74) is 2.91. The topological polar surface area (TPSA) is 157 Å². The Morgan fingerprint density at radius 3 is 2.48 bits per heavy atom. The highest BCUT2D eigenvalue weighted by Crippen LogP contribution is 2.50. The zero-order valence-electron chi connectivity index (χ0n) is 26.1. The lowest BCUT2D eigenvalue weighted by molar-refractivity contribution is -0.120. The Balaban J connectivity index is 1.81. The van der Waals surface area contributed by atoms with Crippen molar-refractivity contribution in [2.75, 3.05) is 44.0 Å². The molecule has 0 saturated heterocycles. The van der Waals surface area contributed by atoms with E-state index in [4.69, 9.17) is 14.2 Å². The van der Waals surface area contributed by atoms with Gasteiger partial charge in [0, 0.05) is 18.4 Å². The van der Waals surface area contributed by atoms with Crippen LogP contribution in [0.3, 0.4) is 0 Å². The molecule has 4 rings (SSSR count). The van der Waals surface area contributed by atoms with E-state index in [2.05, 4.69) is 31.1 Å². The summed E-state index contributed by atoms with van der Waals surface area (Å²) in [6, 6.07) is 5.73. The molecule has 0 fully saturated rings. The molecule has 1 aromatic heterocycles. The number of aromatic nitrogens is 3. The molecule has 13 heteroatoms. The van der Waals surface area contributed by atoms with Crippen LogP contribution in [0.5, 0.6) is 17.2 Å². The van der Waals surface area contributed by atoms with E-state index >= 15 is 0 Å². The summed E-state index contributed by atoms with van der Waals surface area (Å²) in [6.45, 7) is 5.39. The molecule has 1 heterocycles. The van der Waals surface area contributed by atoms with Gasteiger partial charge in [0.05, 0.1) is 33.1 Å². The number of aromatic amines is 1. The van der Waals surface area contributed by atoms with E-state index < -0.39 is 12.1 Å². The van der Waals surface area contributed by atoms with Crippen LogP contribution in [-0.2, 0) is 16.0 Å². The summed E-state index contributed by atoms with van der Waals surface area (Å²) in [7, 11) is 4.65. The Morgan fingerprint density at radius 1 is 1.11 bits per heavy atom. The summed E-state index contributed by atoms with van der Waals surface area (Å²) < 4.78 is 17.1. The third kappa shape index (κ3) is 7.09. The minimum absolute atomic E-state index is 0.118. The number of nitrogens with zero attached hydrogens (tertiary/aromatic N) is 2. The number of carbonyl (C=O) groups excluding carboxylic acids is 2. The maximum atomic E-state index is 13.8. The Labute approximate surface area is 261 Å². The first-order chi connectivity index (χ1) is 21.1. The fraction of sp³-hybridized carbons (Fsp3) is 0.452. The van der Waals surface area contributed by atoms with Crippen molar-refractivity contribution in [1.82, 2.24) is 20.5 Å². The number of ether oxygens (including phenoxy) is 3. The lowest BCUT2D eigenvalue weighted by atomic mass is 9.95. The van der Waals surface area contributed by atoms with Crippen LogP contribution in [-0.4, -0.2) is 66.4 Å². The van der Waals surface area contributed by atoms with E-state index in [0.717, 1.165) is 11.1 Å². The number of carbonyl (C=O) groups is 2. The van der Waals surface area contributed by atoms with E-state index in [1.807, 2.05) is 32.2 Å². The van der Waals surface area contributed by atoms with Crippen LogP contribution in [0.4, 0.5) is 11.6 Å². The first-order valence-electron chi connectivity index (χ1n) is 14.4. The predicted octanol–water partition coefficient (Wildman–Crippen LogP) is 4.28. The average molecular weight is 625 g/mol. The van der Waals surface area contributed by atoms with Crippen molar-refractivity contribution < 1.29 is 23.8 Å². The number of anilines is 2. The second kappa shape index (κ2) is 14.5. The molecule has 3 aromatic rings. The first-order valence-corrected chi connectivity index (χ1v) is 15.8. The molecule has 0 bridgehead atoms. The first kappa shape index (κ1) is 32.6. The van der Waals surface area contributed by atoms with Gasteiger partial charge in [0.15, 0.2) is 11.5 Å². The zero-order chi connectivity index (χ0) is 32.0. The Hall–Kier alpha value is -4.26. The summed E-state index contributed by atoms with van der Waals surface area (Å²) in [5.74, 6) is 2.46. The van der Waals surface area contributed by atoms with Crippen molar-refractivity contribution in [3.8, 4) is 28.4 Å². The van der Waals surface area contributed by atoms with Crippen molar-refractivity contribution in [2.45, 2.75) is 58.0 Å². The highest BCUT2D eigenvalue weighted by molar-refractivity contribution is 7.98. The molecule has 0 radical (unpaired) electrons. The smallest absolute Gasteiger partial charge is 0.249 e. The molecule has 236 valence electrons. The third-order valence-electron chi connectivity index (χ3n) is 7.46. The third-order valence-corrected chi connectivity index (χ3v) is 8.10. The van der Waals surface area contributed by atoms with E-state index in [0.29, 0.717) is 59.2 Å². The van der Waals surface area contributed by atoms with Gasteiger partial charge in [-0.15, -0.1) is 5.10 Å². The van der Waals surface area contributed by atoms with Crippen molar-refractivity contribution >= 4 is 35.2 Å². The molecule has 0 spiro atoms. The van der Waals surface area contributed by atoms with Gasteiger partial charge in [-0.05, 0) is 66.2 Å². The largest absolute Gasteiger partial charge is 0.493 e. The molecule has 2 atom stereocenters. The zero-order valence-corrected chi connectivity index (χ0v) is 26.9. The number of aryl methyl sites for hydroxylation is 1. The molecular weight excluding hydrogens is 584 g/mol. The Kier molecular flexibility index (Phi) is 10.7. The second-order valence-electron chi connectivity index (χ2n) is 10.8. The minimum atomic E-state index is -0.740. The minimum Gasteiger partial charge on any atom is -0.493 e. The lowest BCUT2D eigenvalue weighted by Crippen LogP contribution is -2.36. The number of fused-ring (bicyclic) bond motifs is 3. The predicted molar refractivity (Wildman–Crippen MR) is 172 cm³/mol. The fourth-order valence-corrected chi connectivity index (χ4v) is 5.78. The molecule has 44 heavy (non-hydrogen) atoms. The monoisotopic (exact) mass is 624 g/mol. The highest BCUT2D eigenvalue weighted by atomic mass is 32.2. The van der Waals surface area contributed by atoms with Gasteiger partial charge in [-0.1, -0.05) is 19.9 Å². The molecule has 12 nitrogen and oxygen atoms in total. The second-order valence-corrected chi connectivity index (χ2v) is 11.7. The van der Waals surface area contributed by atoms with Gasteiger partial charge >= 0.3 is 0 Å². The van der Waals surface area contributed by atoms with Crippen LogP contribution < -0.4 is 35.6 Å². The van der Waals surface area contributed by atoms with Gasteiger partial charge in [-0.3, -0.25) is 24.8 Å². The van der Waals surface area contributed by atoms with Gasteiger partial charge < -0.3 is 24.8 Å². The number of nitrogens with one attached hydrogen (secondary N) is 4. The number of hydrogen-bond donors (Lipinski definition) is 4. The van der Waals surface area contributed by atoms with Crippen molar-refractivity contribution in [3.63, 3.8) is 0 Å². The summed E-state index contributed by atoms with van der Waals surface area (Å²) >= 11 is 1.59. The van der Waals surface area contributed by atoms with Crippen LogP contribution in [0.15, 0.2) is 29.1 Å². The molecule has 0 unspecified atom stereocenters. The standard InChI is InChI=1S/C31H40N6O6S/c1-16(2)29-34-31(37-36-29)35-30(40)23(12-13-44-7)33-22-11-9-19-20(15-24(22)39)21(32-17(3)38)10-8-18-14-25(41-4)27(42-5)28(43-6)26(18)19/h9,11,14-16,21,23H,8,10,12-13H2,1-7H3,(H,32,38)(H,33,39)(H2,34,35,36,37,40)/t21-,23-/m0/s1. The van der Waals surface area contributed by atoms with Gasteiger partial charge in [0.25, 0.3) is 0 Å². The number of benzene rings is 1. The SMILES string of the molecule is COc1cc2c(c(OC)c1OC)-c1ccc(N[C@@H](CCSC)C(=O)Nc3n[nH]c(C(C)C)n3)c(=O)cc1[C@@H](NC(C)=O)CC2. The summed E-state index contributed by atoms with van der Waals surface area (Å²) in [6.07, 6.45) is 3.53. The fourth-order valence-electron chi connectivity index (χ4n) is 5.30.